The van der Waals surface area contributed by atoms with Crippen LogP contribution in [-0.4, -0.2) is 186 Å². The van der Waals surface area contributed by atoms with Crippen LogP contribution in [0.3, 0.4) is 0 Å². The van der Waals surface area contributed by atoms with E-state index >= 15 is 0 Å². The van der Waals surface area contributed by atoms with E-state index in [0.717, 1.165) is 13.1 Å². The van der Waals surface area contributed by atoms with Crippen LogP contribution in [0.4, 0.5) is 0 Å². The van der Waals surface area contributed by atoms with Gasteiger partial charge >= 0.3 is 5.97 Å². The minimum absolute atomic E-state index is 0.0621. The highest BCUT2D eigenvalue weighted by molar-refractivity contribution is 7.86. The molecular weight excluding hydrogens is 550 g/mol. The van der Waals surface area contributed by atoms with Crippen LogP contribution in [0, 0.1) is 0 Å². The number of carboxylic acid groups (broad SMARTS) is 1. The molecule has 2 saturated heterocycles. The Bertz CT molecular complexity index is 893. The lowest BCUT2D eigenvalue weighted by Gasteiger charge is -2.34. The Hall–Kier alpha value is -1.03. The van der Waals surface area contributed by atoms with Crippen molar-refractivity contribution < 1.29 is 50.5 Å². The first-order chi connectivity index (χ1) is 18.0. The van der Waals surface area contributed by atoms with E-state index in [1.165, 1.54) is 0 Å². The van der Waals surface area contributed by atoms with Gasteiger partial charge in [-0.1, -0.05) is 0 Å². The van der Waals surface area contributed by atoms with Crippen LogP contribution in [0.25, 0.3) is 0 Å². The van der Waals surface area contributed by atoms with Gasteiger partial charge in [0.25, 0.3) is 20.2 Å². The van der Waals surface area contributed by atoms with E-state index in [0.29, 0.717) is 57.4 Å². The van der Waals surface area contributed by atoms with Crippen molar-refractivity contribution in [3.05, 3.63) is 0 Å². The van der Waals surface area contributed by atoms with E-state index < -0.39 is 39.4 Å². The summed E-state index contributed by atoms with van der Waals surface area (Å²) in [5.74, 6) is -2.01. The molecule has 0 radical (unpaired) electrons. The summed E-state index contributed by atoms with van der Waals surface area (Å²) in [6, 6.07) is 0. The van der Waals surface area contributed by atoms with Crippen molar-refractivity contribution in [2.24, 2.45) is 0 Å². The average molecular weight is 592 g/mol. The Morgan fingerprint density at radius 3 is 1.55 bits per heavy atom. The van der Waals surface area contributed by atoms with Crippen LogP contribution in [0.15, 0.2) is 0 Å². The highest BCUT2D eigenvalue weighted by Gasteiger charge is 2.24. The lowest BCUT2D eigenvalue weighted by molar-refractivity contribution is -0.215. The molecule has 0 atom stereocenters. The van der Waals surface area contributed by atoms with E-state index in [2.05, 4.69) is 14.1 Å². The first-order valence-corrected chi connectivity index (χ1v) is 15.7. The van der Waals surface area contributed by atoms with Gasteiger partial charge < -0.3 is 15.3 Å². The normalized spacial score (nSPS) is 19.3. The monoisotopic (exact) mass is 591 g/mol. The number of aliphatic hydroxyl groups is 2. The van der Waals surface area contributed by atoms with Crippen molar-refractivity contribution in [1.29, 1.82) is 0 Å². The molecule has 0 spiro atoms. The molecule has 2 heterocycles. The molecule has 0 bridgehead atoms. The summed E-state index contributed by atoms with van der Waals surface area (Å²) in [7, 11) is -8.14. The standard InChI is InChI=1S/C20H41N5O11S2/c26-14-9-21-1-5-23(6-2-21)12-17-37(30,31)35-25(19-20(28)29)11-16-34-36-38(32,33)18-13-24-7-3-22(4-8-24)10-15-27/h26-27H,1-19H2,(H,28,29). The number of hydrogen-bond acceptors (Lipinski definition) is 15. The molecular formula is C20H41N5O11S2. The van der Waals surface area contributed by atoms with Crippen LogP contribution >= 0.6 is 0 Å². The minimum Gasteiger partial charge on any atom is -0.480 e. The highest BCUT2D eigenvalue weighted by atomic mass is 32.2. The molecule has 0 aromatic heterocycles. The number of rotatable bonds is 19. The van der Waals surface area contributed by atoms with Gasteiger partial charge in [-0.3, -0.25) is 24.4 Å². The molecule has 0 unspecified atom stereocenters. The zero-order valence-corrected chi connectivity index (χ0v) is 23.2. The van der Waals surface area contributed by atoms with E-state index in [1.54, 1.807) is 0 Å². The summed E-state index contributed by atoms with van der Waals surface area (Å²) < 4.78 is 58.5. The van der Waals surface area contributed by atoms with Crippen LogP contribution < -0.4 is 0 Å². The Kier molecular flexibility index (Phi) is 14.8. The SMILES string of the molecule is O=C(O)CN(CCOOS(=O)(=O)CCN1CCN(CCO)CC1)OS(=O)(=O)CCN1CCN(CCO)CC1. The van der Waals surface area contributed by atoms with Crippen LogP contribution in [-0.2, 0) is 38.5 Å². The van der Waals surface area contributed by atoms with Crippen LogP contribution in [0.5, 0.6) is 0 Å². The van der Waals surface area contributed by atoms with Gasteiger partial charge in [-0.15, -0.1) is 4.33 Å². The van der Waals surface area contributed by atoms with E-state index in [9.17, 15) is 21.6 Å². The molecule has 2 fully saturated rings. The predicted octanol–water partition coefficient (Wildman–Crippen LogP) is -3.87. The summed E-state index contributed by atoms with van der Waals surface area (Å²) >= 11 is 0. The fraction of sp³-hybridized carbons (Fsp3) is 0.950. The Morgan fingerprint density at radius 1 is 0.711 bits per heavy atom. The number of aliphatic hydroxyl groups excluding tert-OH is 2. The molecule has 224 valence electrons. The summed E-state index contributed by atoms with van der Waals surface area (Å²) in [6.07, 6.45) is 0. The molecule has 2 aliphatic rings. The second-order valence-corrected chi connectivity index (χ2v) is 12.4. The average Bonchev–Trinajstić information content (AvgIpc) is 2.86. The van der Waals surface area contributed by atoms with Gasteiger partial charge in [-0.05, 0) is 0 Å². The van der Waals surface area contributed by atoms with Crippen molar-refractivity contribution in [2.75, 3.05) is 123 Å². The molecule has 0 aromatic carbocycles. The Labute approximate surface area is 224 Å². The van der Waals surface area contributed by atoms with E-state index in [1.807, 2.05) is 9.80 Å². The van der Waals surface area contributed by atoms with Gasteiger partial charge in [0.1, 0.15) is 6.54 Å². The lowest BCUT2D eigenvalue weighted by atomic mass is 10.3. The molecule has 18 heteroatoms. The third kappa shape index (κ3) is 13.9. The fourth-order valence-corrected chi connectivity index (χ4v) is 5.78. The number of aliphatic carboxylic acids is 1. The summed E-state index contributed by atoms with van der Waals surface area (Å²) in [5, 5.41) is 27.7. The zero-order valence-electron chi connectivity index (χ0n) is 21.6. The van der Waals surface area contributed by atoms with Crippen molar-refractivity contribution in [3.8, 4) is 0 Å². The van der Waals surface area contributed by atoms with Gasteiger partial charge in [-0.2, -0.15) is 26.2 Å². The summed E-state index contributed by atoms with van der Waals surface area (Å²) in [4.78, 5) is 23.9. The number of carbonyl (C=O) groups is 1. The largest absolute Gasteiger partial charge is 0.480 e. The van der Waals surface area contributed by atoms with Gasteiger partial charge in [0.05, 0.1) is 37.9 Å². The smallest absolute Gasteiger partial charge is 0.320 e. The third-order valence-electron chi connectivity index (χ3n) is 6.18. The number of hydroxylamine groups is 2. The van der Waals surface area contributed by atoms with Gasteiger partial charge in [0.2, 0.25) is 0 Å². The molecule has 0 saturated carbocycles. The number of β-amino-alcohol motifs (C(OH)–C–C–N with tert-alkyl or cyclic N) is 2. The third-order valence-corrected chi connectivity index (χ3v) is 8.29. The first kappa shape index (κ1) is 33.2. The number of piperazine rings is 2. The van der Waals surface area contributed by atoms with Crippen molar-refractivity contribution in [3.63, 3.8) is 0 Å². The molecule has 2 aliphatic heterocycles. The molecule has 2 rings (SSSR count). The molecule has 0 aliphatic carbocycles. The number of hydrogen-bond donors (Lipinski definition) is 3. The summed E-state index contributed by atoms with van der Waals surface area (Å²) in [6.45, 7) is 5.57. The first-order valence-electron chi connectivity index (χ1n) is 12.6. The topological polar surface area (TPSA) is 190 Å². The van der Waals surface area contributed by atoms with Gasteiger partial charge in [-0.25, -0.2) is 4.89 Å². The van der Waals surface area contributed by atoms with Crippen molar-refractivity contribution >= 4 is 26.2 Å². The second kappa shape index (κ2) is 16.9. The quantitative estimate of drug-likeness (QED) is 0.0750. The fourth-order valence-electron chi connectivity index (χ4n) is 4.01. The Morgan fingerprint density at radius 2 is 1.13 bits per heavy atom. The molecule has 38 heavy (non-hydrogen) atoms. The molecule has 0 amide bonds. The van der Waals surface area contributed by atoms with Gasteiger partial charge in [0, 0.05) is 78.5 Å². The second-order valence-electron chi connectivity index (χ2n) is 9.06. The maximum Gasteiger partial charge on any atom is 0.320 e. The number of carboxylic acids is 1. The van der Waals surface area contributed by atoms with E-state index in [-0.39, 0.29) is 44.4 Å². The minimum atomic E-state index is -4.11. The maximum absolute atomic E-state index is 12.4. The zero-order chi connectivity index (χ0) is 28.0. The van der Waals surface area contributed by atoms with Crippen molar-refractivity contribution in [1.82, 2.24) is 24.7 Å². The predicted molar refractivity (Wildman–Crippen MR) is 135 cm³/mol. The highest BCUT2D eigenvalue weighted by Crippen LogP contribution is 2.06. The molecule has 0 aromatic rings. The van der Waals surface area contributed by atoms with Crippen molar-refractivity contribution in [2.45, 2.75) is 0 Å². The summed E-state index contributed by atoms with van der Waals surface area (Å²) in [5.41, 5.74) is 0. The lowest BCUT2D eigenvalue weighted by Crippen LogP contribution is -2.48. The van der Waals surface area contributed by atoms with Gasteiger partial charge in [0.15, 0.2) is 0 Å². The van der Waals surface area contributed by atoms with E-state index in [4.69, 9.17) is 24.5 Å². The molecule has 16 nitrogen and oxygen atoms in total. The molecule has 3 N–H and O–H groups in total. The van der Waals surface area contributed by atoms with Crippen LogP contribution in [0.1, 0.15) is 0 Å². The number of nitrogens with zero attached hydrogens (tertiary/aromatic N) is 5. The Balaban J connectivity index is 1.69. The maximum atomic E-state index is 12.4. The van der Waals surface area contributed by atoms with Crippen LogP contribution in [0.2, 0.25) is 0 Å².